The van der Waals surface area contributed by atoms with E-state index in [9.17, 15) is 9.90 Å². The lowest BCUT2D eigenvalue weighted by Gasteiger charge is -2.10. The number of fused-ring (bicyclic) bond motifs is 1. The third-order valence-electron chi connectivity index (χ3n) is 4.29. The minimum Gasteiger partial charge on any atom is -0.478 e. The fourth-order valence-corrected chi connectivity index (χ4v) is 3.19. The van der Waals surface area contributed by atoms with E-state index >= 15 is 0 Å². The number of aromatic carboxylic acids is 1. The van der Waals surface area contributed by atoms with E-state index in [1.54, 1.807) is 6.07 Å². The van der Waals surface area contributed by atoms with Crippen molar-refractivity contribution >= 4 is 16.9 Å². The van der Waals surface area contributed by atoms with Crippen LogP contribution in [0.4, 0.5) is 0 Å². The van der Waals surface area contributed by atoms with Crippen LogP contribution in [-0.2, 0) is 13.0 Å². The Balaban J connectivity index is 2.73. The van der Waals surface area contributed by atoms with Crippen molar-refractivity contribution in [3.8, 4) is 0 Å². The van der Waals surface area contributed by atoms with Crippen LogP contribution in [0.2, 0.25) is 0 Å². The summed E-state index contributed by atoms with van der Waals surface area (Å²) in [5.41, 5.74) is 10.4. The first-order valence-electron chi connectivity index (χ1n) is 8.06. The molecule has 0 radical (unpaired) electrons. The fraction of sp³-hybridized carbons (Fsp3) is 0.500. The van der Waals surface area contributed by atoms with Crippen LogP contribution in [0.5, 0.6) is 0 Å². The molecule has 0 saturated carbocycles. The van der Waals surface area contributed by atoms with E-state index in [1.807, 2.05) is 6.92 Å². The van der Waals surface area contributed by atoms with Gasteiger partial charge in [-0.15, -0.1) is 0 Å². The van der Waals surface area contributed by atoms with Gasteiger partial charge in [-0.25, -0.2) is 4.79 Å². The van der Waals surface area contributed by atoms with Gasteiger partial charge >= 0.3 is 5.97 Å². The van der Waals surface area contributed by atoms with Gasteiger partial charge in [-0.3, -0.25) is 0 Å². The Hall–Kier alpha value is -1.81. The zero-order valence-electron chi connectivity index (χ0n) is 13.8. The molecule has 0 spiro atoms. The quantitative estimate of drug-likeness (QED) is 0.820. The summed E-state index contributed by atoms with van der Waals surface area (Å²) in [6.45, 7) is 7.62. The van der Waals surface area contributed by atoms with Crippen LogP contribution in [0.1, 0.15) is 53.4 Å². The molecule has 120 valence electrons. The molecule has 22 heavy (non-hydrogen) atoms. The average molecular weight is 302 g/mol. The molecule has 2 rings (SSSR count). The summed E-state index contributed by atoms with van der Waals surface area (Å²) in [7, 11) is 0. The molecule has 0 aliphatic rings. The Bertz CT molecular complexity index is 686. The van der Waals surface area contributed by atoms with Gasteiger partial charge < -0.3 is 15.4 Å². The van der Waals surface area contributed by atoms with E-state index in [2.05, 4.69) is 24.5 Å². The summed E-state index contributed by atoms with van der Waals surface area (Å²) in [4.78, 5) is 11.7. The predicted octanol–water partition coefficient (Wildman–Crippen LogP) is 3.65. The first kappa shape index (κ1) is 16.6. The highest BCUT2D eigenvalue weighted by Crippen LogP contribution is 2.31. The number of hydrogen-bond acceptors (Lipinski definition) is 2. The average Bonchev–Trinajstić information content (AvgIpc) is 2.73. The van der Waals surface area contributed by atoms with Gasteiger partial charge in [0.1, 0.15) is 0 Å². The Labute approximate surface area is 131 Å². The van der Waals surface area contributed by atoms with Gasteiger partial charge in [-0.05, 0) is 62.9 Å². The second kappa shape index (κ2) is 6.97. The summed E-state index contributed by atoms with van der Waals surface area (Å²) in [5, 5.41) is 10.7. The maximum absolute atomic E-state index is 11.7. The van der Waals surface area contributed by atoms with E-state index in [-0.39, 0.29) is 0 Å². The number of nitrogens with two attached hydrogens (primary N) is 1. The van der Waals surface area contributed by atoms with Gasteiger partial charge in [0.2, 0.25) is 0 Å². The first-order chi connectivity index (χ1) is 10.5. The largest absolute Gasteiger partial charge is 0.478 e. The minimum atomic E-state index is -0.859. The molecule has 4 heteroatoms. The Kier molecular flexibility index (Phi) is 5.24. The number of rotatable bonds is 7. The van der Waals surface area contributed by atoms with Crippen LogP contribution in [0.25, 0.3) is 10.9 Å². The molecule has 3 N–H and O–H groups in total. The van der Waals surface area contributed by atoms with Crippen LogP contribution in [0, 0.1) is 13.8 Å². The molecule has 1 aromatic carbocycles. The number of benzene rings is 1. The number of unbranched alkanes of at least 4 members (excludes halogenated alkanes) is 1. The smallest absolute Gasteiger partial charge is 0.337 e. The summed E-state index contributed by atoms with van der Waals surface area (Å²) in [6.07, 6.45) is 4.10. The molecule has 2 aromatic rings. The van der Waals surface area contributed by atoms with Crippen LogP contribution >= 0.6 is 0 Å². The van der Waals surface area contributed by atoms with Crippen LogP contribution in [0.3, 0.4) is 0 Å². The van der Waals surface area contributed by atoms with Gasteiger partial charge in [0.05, 0.1) is 11.1 Å². The predicted molar refractivity (Wildman–Crippen MR) is 90.7 cm³/mol. The Morgan fingerprint density at radius 3 is 2.59 bits per heavy atom. The van der Waals surface area contributed by atoms with Crippen molar-refractivity contribution in [2.75, 3.05) is 6.54 Å². The highest BCUT2D eigenvalue weighted by molar-refractivity contribution is 6.04. The molecule has 0 unspecified atom stereocenters. The van der Waals surface area contributed by atoms with Crippen LogP contribution < -0.4 is 5.73 Å². The maximum Gasteiger partial charge on any atom is 0.337 e. The number of nitrogens with zero attached hydrogens (tertiary/aromatic N) is 1. The van der Waals surface area contributed by atoms with Crippen LogP contribution in [-0.4, -0.2) is 22.2 Å². The molecule has 0 bridgehead atoms. The lowest BCUT2D eigenvalue weighted by Crippen LogP contribution is -2.09. The standard InChI is InChI=1S/C18H26N2O2/c1-4-5-7-14-13(3)20(9-6-8-19)17-15(14)10-12(2)11-16(17)18(21)22/h10-11H,4-9,19H2,1-3H3,(H,21,22). The summed E-state index contributed by atoms with van der Waals surface area (Å²) in [6, 6.07) is 3.89. The molecule has 0 aliphatic heterocycles. The normalized spacial score (nSPS) is 11.3. The van der Waals surface area contributed by atoms with Gasteiger partial charge in [-0.2, -0.15) is 0 Å². The Morgan fingerprint density at radius 2 is 2.00 bits per heavy atom. The summed E-state index contributed by atoms with van der Waals surface area (Å²) < 4.78 is 2.15. The zero-order chi connectivity index (χ0) is 16.3. The molecule has 0 saturated heterocycles. The highest BCUT2D eigenvalue weighted by atomic mass is 16.4. The SMILES string of the molecule is CCCCc1c(C)n(CCCN)c2c(C(=O)O)cc(C)cc12. The van der Waals surface area contributed by atoms with Gasteiger partial charge in [0.25, 0.3) is 0 Å². The molecule has 0 atom stereocenters. The monoisotopic (exact) mass is 302 g/mol. The van der Waals surface area contributed by atoms with Crippen LogP contribution in [0.15, 0.2) is 12.1 Å². The molecular weight excluding hydrogens is 276 g/mol. The topological polar surface area (TPSA) is 68.2 Å². The summed E-state index contributed by atoms with van der Waals surface area (Å²) in [5.74, 6) is -0.859. The molecule has 0 amide bonds. The molecular formula is C18H26N2O2. The van der Waals surface area contributed by atoms with Crippen molar-refractivity contribution in [2.24, 2.45) is 5.73 Å². The van der Waals surface area contributed by atoms with Crippen molar-refractivity contribution in [3.63, 3.8) is 0 Å². The van der Waals surface area contributed by atoms with E-state index < -0.39 is 5.97 Å². The number of aromatic nitrogens is 1. The number of carboxylic acids is 1. The third-order valence-corrected chi connectivity index (χ3v) is 4.29. The van der Waals surface area contributed by atoms with E-state index in [4.69, 9.17) is 5.73 Å². The fourth-order valence-electron chi connectivity index (χ4n) is 3.19. The molecule has 0 aliphatic carbocycles. The number of carboxylic acid groups (broad SMARTS) is 1. The molecule has 4 nitrogen and oxygen atoms in total. The highest BCUT2D eigenvalue weighted by Gasteiger charge is 2.20. The lowest BCUT2D eigenvalue weighted by atomic mass is 10.0. The maximum atomic E-state index is 11.7. The van der Waals surface area contributed by atoms with Crippen molar-refractivity contribution in [1.82, 2.24) is 4.57 Å². The second-order valence-electron chi connectivity index (χ2n) is 5.98. The number of aryl methyl sites for hydroxylation is 3. The minimum absolute atomic E-state index is 0.401. The molecule has 1 heterocycles. The first-order valence-corrected chi connectivity index (χ1v) is 8.06. The summed E-state index contributed by atoms with van der Waals surface area (Å²) >= 11 is 0. The lowest BCUT2D eigenvalue weighted by molar-refractivity contribution is 0.0698. The van der Waals surface area contributed by atoms with E-state index in [1.165, 1.54) is 11.3 Å². The van der Waals surface area contributed by atoms with E-state index in [0.717, 1.165) is 48.7 Å². The van der Waals surface area contributed by atoms with Gasteiger partial charge in [-0.1, -0.05) is 13.3 Å². The van der Waals surface area contributed by atoms with Gasteiger partial charge in [0.15, 0.2) is 0 Å². The van der Waals surface area contributed by atoms with Crippen molar-refractivity contribution in [3.05, 3.63) is 34.5 Å². The van der Waals surface area contributed by atoms with Crippen molar-refractivity contribution in [2.45, 2.75) is 53.0 Å². The third kappa shape index (κ3) is 3.02. The van der Waals surface area contributed by atoms with E-state index in [0.29, 0.717) is 12.1 Å². The van der Waals surface area contributed by atoms with Crippen molar-refractivity contribution < 1.29 is 9.90 Å². The Morgan fingerprint density at radius 1 is 1.27 bits per heavy atom. The van der Waals surface area contributed by atoms with Gasteiger partial charge in [0, 0.05) is 17.6 Å². The molecule has 0 fully saturated rings. The number of carbonyl (C=O) groups is 1. The second-order valence-corrected chi connectivity index (χ2v) is 5.98. The van der Waals surface area contributed by atoms with Crippen molar-refractivity contribution in [1.29, 1.82) is 0 Å². The number of hydrogen-bond donors (Lipinski definition) is 2. The zero-order valence-corrected chi connectivity index (χ0v) is 13.8. The molecule has 1 aromatic heterocycles.